The van der Waals surface area contributed by atoms with Gasteiger partial charge in [0.05, 0.1) is 6.04 Å². The van der Waals surface area contributed by atoms with E-state index in [-0.39, 0.29) is 18.0 Å². The maximum atomic E-state index is 13.4. The highest BCUT2D eigenvalue weighted by atomic mass is 16.2. The third kappa shape index (κ3) is 2.80. The predicted octanol–water partition coefficient (Wildman–Crippen LogP) is 3.19. The fourth-order valence-corrected chi connectivity index (χ4v) is 4.73. The van der Waals surface area contributed by atoms with Gasteiger partial charge in [0.15, 0.2) is 5.82 Å². The summed E-state index contributed by atoms with van der Waals surface area (Å²) in [6.07, 6.45) is 6.37. The molecule has 0 spiro atoms. The van der Waals surface area contributed by atoms with Gasteiger partial charge in [-0.05, 0) is 51.0 Å². The van der Waals surface area contributed by atoms with Gasteiger partial charge in [0, 0.05) is 42.5 Å². The van der Waals surface area contributed by atoms with Gasteiger partial charge in [-0.1, -0.05) is 17.2 Å². The molecule has 142 valence electrons. The maximum absolute atomic E-state index is 13.4. The highest BCUT2D eigenvalue weighted by molar-refractivity contribution is 5.95. The summed E-state index contributed by atoms with van der Waals surface area (Å²) < 4.78 is 2.18. The van der Waals surface area contributed by atoms with Crippen LogP contribution in [0.15, 0.2) is 42.7 Å². The normalized spacial score (nSPS) is 20.7. The minimum Gasteiger partial charge on any atom is -0.330 e. The van der Waals surface area contributed by atoms with Crippen LogP contribution in [0.4, 0.5) is 0 Å². The first kappa shape index (κ1) is 17.1. The molecule has 1 amide bonds. The Morgan fingerprint density at radius 2 is 1.86 bits per heavy atom. The van der Waals surface area contributed by atoms with E-state index in [9.17, 15) is 4.79 Å². The van der Waals surface area contributed by atoms with E-state index in [2.05, 4.69) is 30.7 Å². The van der Waals surface area contributed by atoms with Crippen LogP contribution in [0.1, 0.15) is 40.2 Å². The molecule has 3 aromatic rings. The van der Waals surface area contributed by atoms with Crippen molar-refractivity contribution in [2.75, 3.05) is 0 Å². The summed E-state index contributed by atoms with van der Waals surface area (Å²) in [7, 11) is 0. The van der Waals surface area contributed by atoms with E-state index in [0.29, 0.717) is 0 Å². The van der Waals surface area contributed by atoms with Crippen LogP contribution < -0.4 is 0 Å². The summed E-state index contributed by atoms with van der Waals surface area (Å²) in [5.41, 5.74) is 4.01. The first-order valence-electron chi connectivity index (χ1n) is 9.83. The van der Waals surface area contributed by atoms with Crippen molar-refractivity contribution in [2.45, 2.75) is 51.7 Å². The van der Waals surface area contributed by atoms with E-state index in [1.165, 1.54) is 0 Å². The first-order chi connectivity index (χ1) is 13.6. The van der Waals surface area contributed by atoms with Crippen LogP contribution in [0.2, 0.25) is 0 Å². The number of fused-ring (bicyclic) bond motifs is 3. The SMILES string of the molecule is Cc1cc(C)cc(C(=O)N2C3CCC2Cn2c(nnc2-c2cccnc2)C3)c1. The van der Waals surface area contributed by atoms with Gasteiger partial charge in [0.2, 0.25) is 0 Å². The molecule has 1 saturated heterocycles. The third-order valence-electron chi connectivity index (χ3n) is 5.88. The van der Waals surface area contributed by atoms with Gasteiger partial charge in [0.1, 0.15) is 5.82 Å². The van der Waals surface area contributed by atoms with Crippen molar-refractivity contribution in [2.24, 2.45) is 0 Å². The molecule has 4 heterocycles. The fraction of sp³-hybridized carbons (Fsp3) is 0.364. The van der Waals surface area contributed by atoms with E-state index < -0.39 is 0 Å². The van der Waals surface area contributed by atoms with Gasteiger partial charge >= 0.3 is 0 Å². The summed E-state index contributed by atoms with van der Waals surface area (Å²) in [6.45, 7) is 4.82. The van der Waals surface area contributed by atoms with E-state index in [1.807, 2.05) is 44.3 Å². The molecule has 2 aliphatic heterocycles. The monoisotopic (exact) mass is 373 g/mol. The molecule has 2 aromatic heterocycles. The van der Waals surface area contributed by atoms with Crippen molar-refractivity contribution in [1.82, 2.24) is 24.6 Å². The number of carbonyl (C=O) groups excluding carboxylic acids is 1. The molecule has 2 bridgehead atoms. The Morgan fingerprint density at radius 3 is 2.61 bits per heavy atom. The van der Waals surface area contributed by atoms with Crippen molar-refractivity contribution < 1.29 is 4.79 Å². The number of rotatable bonds is 2. The fourth-order valence-electron chi connectivity index (χ4n) is 4.73. The van der Waals surface area contributed by atoms with Crippen LogP contribution in [0.5, 0.6) is 0 Å². The number of hydrogen-bond acceptors (Lipinski definition) is 4. The van der Waals surface area contributed by atoms with Gasteiger partial charge in [0.25, 0.3) is 5.91 Å². The number of carbonyl (C=O) groups is 1. The summed E-state index contributed by atoms with van der Waals surface area (Å²) in [5.74, 6) is 1.94. The van der Waals surface area contributed by atoms with Gasteiger partial charge in [-0.2, -0.15) is 0 Å². The molecule has 0 radical (unpaired) electrons. The summed E-state index contributed by atoms with van der Waals surface area (Å²) in [6, 6.07) is 10.4. The molecule has 2 atom stereocenters. The smallest absolute Gasteiger partial charge is 0.254 e. The van der Waals surface area contributed by atoms with Crippen molar-refractivity contribution in [1.29, 1.82) is 0 Å². The third-order valence-corrected chi connectivity index (χ3v) is 5.88. The predicted molar refractivity (Wildman–Crippen MR) is 106 cm³/mol. The maximum Gasteiger partial charge on any atom is 0.254 e. The molecule has 5 rings (SSSR count). The van der Waals surface area contributed by atoms with Gasteiger partial charge in [-0.3, -0.25) is 9.78 Å². The molecule has 2 unspecified atom stereocenters. The molecule has 0 N–H and O–H groups in total. The molecule has 1 fully saturated rings. The molecule has 2 aliphatic rings. The summed E-state index contributed by atoms with van der Waals surface area (Å²) >= 11 is 0. The van der Waals surface area contributed by atoms with Crippen LogP contribution in [0.3, 0.4) is 0 Å². The minimum absolute atomic E-state index is 0.140. The number of benzene rings is 1. The van der Waals surface area contributed by atoms with Crippen molar-refractivity contribution in [3.05, 3.63) is 65.2 Å². The number of nitrogens with zero attached hydrogens (tertiary/aromatic N) is 5. The highest BCUT2D eigenvalue weighted by Gasteiger charge is 2.41. The second-order valence-corrected chi connectivity index (χ2v) is 7.97. The number of hydrogen-bond donors (Lipinski definition) is 0. The lowest BCUT2D eigenvalue weighted by molar-refractivity contribution is 0.0665. The Bertz CT molecular complexity index is 1020. The largest absolute Gasteiger partial charge is 0.330 e. The quantitative estimate of drug-likeness (QED) is 0.692. The van der Waals surface area contributed by atoms with Gasteiger partial charge in [-0.25, -0.2) is 0 Å². The van der Waals surface area contributed by atoms with Crippen molar-refractivity contribution in [3.8, 4) is 11.4 Å². The summed E-state index contributed by atoms with van der Waals surface area (Å²) in [5, 5.41) is 8.88. The van der Waals surface area contributed by atoms with Crippen LogP contribution in [0.25, 0.3) is 11.4 Å². The molecule has 6 nitrogen and oxygen atoms in total. The van der Waals surface area contributed by atoms with Crippen LogP contribution >= 0.6 is 0 Å². The lowest BCUT2D eigenvalue weighted by Gasteiger charge is -2.28. The van der Waals surface area contributed by atoms with E-state index in [1.54, 1.807) is 6.20 Å². The summed E-state index contributed by atoms with van der Waals surface area (Å²) in [4.78, 5) is 19.7. The Labute approximate surface area is 164 Å². The first-order valence-corrected chi connectivity index (χ1v) is 9.83. The van der Waals surface area contributed by atoms with Crippen molar-refractivity contribution >= 4 is 5.91 Å². The second kappa shape index (κ2) is 6.55. The Hall–Kier alpha value is -3.02. The average molecular weight is 373 g/mol. The zero-order chi connectivity index (χ0) is 19.3. The lowest BCUT2D eigenvalue weighted by atomic mass is 10.1. The Kier molecular flexibility index (Phi) is 4.00. The molecule has 1 aromatic carbocycles. The lowest BCUT2D eigenvalue weighted by Crippen LogP contribution is -2.42. The number of aromatic nitrogens is 4. The van der Waals surface area contributed by atoms with Gasteiger partial charge < -0.3 is 9.47 Å². The standard InChI is InChI=1S/C22H23N5O/c1-14-8-15(2)10-17(9-14)22(28)27-18-5-6-19(27)13-26-20(11-18)24-25-21(26)16-4-3-7-23-12-16/h3-4,7-10,12,18-19H,5-6,11,13H2,1-2H3. The average Bonchev–Trinajstić information content (AvgIpc) is 3.20. The minimum atomic E-state index is 0.140. The molecule has 0 saturated carbocycles. The highest BCUT2D eigenvalue weighted by Crippen LogP contribution is 2.34. The molecule has 0 aliphatic carbocycles. The number of amides is 1. The molecular formula is C22H23N5O. The molecule has 28 heavy (non-hydrogen) atoms. The van der Waals surface area contributed by atoms with Gasteiger partial charge in [-0.15, -0.1) is 10.2 Å². The number of aryl methyl sites for hydroxylation is 2. The zero-order valence-electron chi connectivity index (χ0n) is 16.2. The van der Waals surface area contributed by atoms with E-state index >= 15 is 0 Å². The van der Waals surface area contributed by atoms with Crippen LogP contribution in [-0.2, 0) is 13.0 Å². The molecule has 6 heteroatoms. The van der Waals surface area contributed by atoms with Crippen molar-refractivity contribution in [3.63, 3.8) is 0 Å². The Balaban J connectivity index is 1.50. The zero-order valence-corrected chi connectivity index (χ0v) is 16.2. The second-order valence-electron chi connectivity index (χ2n) is 7.97. The molecular weight excluding hydrogens is 350 g/mol. The topological polar surface area (TPSA) is 63.9 Å². The Morgan fingerprint density at radius 1 is 1.07 bits per heavy atom. The number of pyridine rings is 1. The van der Waals surface area contributed by atoms with E-state index in [4.69, 9.17) is 0 Å². The van der Waals surface area contributed by atoms with E-state index in [0.717, 1.165) is 59.7 Å². The van der Waals surface area contributed by atoms with Crippen LogP contribution in [-0.4, -0.2) is 42.6 Å². The van der Waals surface area contributed by atoms with Crippen LogP contribution in [0, 0.1) is 13.8 Å².